The van der Waals surface area contributed by atoms with E-state index in [1.54, 1.807) is 0 Å². The van der Waals surface area contributed by atoms with Gasteiger partial charge in [-0.2, -0.15) is 13.2 Å². The Balaban J connectivity index is 2.15. The first-order valence-corrected chi connectivity index (χ1v) is 5.74. The van der Waals surface area contributed by atoms with Gasteiger partial charge in [-0.1, -0.05) is 0 Å². The third kappa shape index (κ3) is 3.40. The van der Waals surface area contributed by atoms with Crippen LogP contribution in [-0.2, 0) is 17.5 Å². The molecule has 8 nitrogen and oxygen atoms in total. The lowest BCUT2D eigenvalue weighted by Crippen LogP contribution is -2.11. The minimum Gasteiger partial charge on any atom is -0.480 e. The van der Waals surface area contributed by atoms with Crippen molar-refractivity contribution in [3.8, 4) is 0 Å². The summed E-state index contributed by atoms with van der Waals surface area (Å²) in [6.45, 7) is -0.469. The van der Waals surface area contributed by atoms with E-state index >= 15 is 0 Å². The zero-order valence-electron chi connectivity index (χ0n) is 9.44. The van der Waals surface area contributed by atoms with Gasteiger partial charge in [-0.3, -0.25) is 4.79 Å². The zero-order chi connectivity index (χ0) is 14.8. The van der Waals surface area contributed by atoms with Crippen LogP contribution in [-0.4, -0.2) is 41.5 Å². The standard InChI is InChI=1S/C8H5F3N6O2S/c9-8(10,11)4-1-2-5(13-12-4)20-7-14-15-16-17(7)3-6(18)19/h1-2H,3H2,(H,18,19). The van der Waals surface area contributed by atoms with Crippen LogP contribution in [0.15, 0.2) is 22.3 Å². The first-order chi connectivity index (χ1) is 9.36. The topological polar surface area (TPSA) is 107 Å². The van der Waals surface area contributed by atoms with Gasteiger partial charge >= 0.3 is 12.1 Å². The SMILES string of the molecule is O=C(O)Cn1nnnc1Sc1ccc(C(F)(F)F)nn1. The Labute approximate surface area is 113 Å². The van der Waals surface area contributed by atoms with Crippen molar-refractivity contribution in [2.45, 2.75) is 22.9 Å². The van der Waals surface area contributed by atoms with Gasteiger partial charge in [-0.15, -0.1) is 15.3 Å². The van der Waals surface area contributed by atoms with Crippen LogP contribution < -0.4 is 0 Å². The van der Waals surface area contributed by atoms with Crippen LogP contribution in [0.3, 0.4) is 0 Å². The molecular formula is C8H5F3N6O2S. The van der Waals surface area contributed by atoms with Crippen molar-refractivity contribution >= 4 is 17.7 Å². The maximum Gasteiger partial charge on any atom is 0.435 e. The van der Waals surface area contributed by atoms with E-state index in [0.29, 0.717) is 0 Å². The number of hydrogen-bond acceptors (Lipinski definition) is 7. The second kappa shape index (κ2) is 5.40. The second-order valence-corrected chi connectivity index (χ2v) is 4.36. The molecule has 0 bridgehead atoms. The van der Waals surface area contributed by atoms with Crippen molar-refractivity contribution in [3.63, 3.8) is 0 Å². The maximum atomic E-state index is 12.3. The number of halogens is 3. The molecule has 2 rings (SSSR count). The second-order valence-electron chi connectivity index (χ2n) is 3.37. The van der Waals surface area contributed by atoms with E-state index in [4.69, 9.17) is 5.11 Å². The summed E-state index contributed by atoms with van der Waals surface area (Å²) in [5, 5.41) is 25.5. The molecule has 0 aliphatic heterocycles. The highest BCUT2D eigenvalue weighted by Gasteiger charge is 2.32. The Morgan fingerprint density at radius 2 is 2.05 bits per heavy atom. The number of rotatable bonds is 4. The van der Waals surface area contributed by atoms with Crippen LogP contribution in [0.4, 0.5) is 13.2 Å². The predicted molar refractivity (Wildman–Crippen MR) is 56.6 cm³/mol. The van der Waals surface area contributed by atoms with Crippen molar-refractivity contribution in [3.05, 3.63) is 17.8 Å². The number of tetrazole rings is 1. The van der Waals surface area contributed by atoms with Gasteiger partial charge in [-0.25, -0.2) is 4.68 Å². The molecule has 0 saturated heterocycles. The Hall–Kier alpha value is -2.24. The van der Waals surface area contributed by atoms with Gasteiger partial charge in [0, 0.05) is 0 Å². The number of aromatic nitrogens is 6. The molecule has 0 unspecified atom stereocenters. The van der Waals surface area contributed by atoms with Gasteiger partial charge in [-0.05, 0) is 34.3 Å². The average Bonchev–Trinajstić information content (AvgIpc) is 2.75. The molecule has 0 atom stereocenters. The number of carboxylic acids is 1. The number of nitrogens with zero attached hydrogens (tertiary/aromatic N) is 6. The number of hydrogen-bond donors (Lipinski definition) is 1. The summed E-state index contributed by atoms with van der Waals surface area (Å²) in [5.74, 6) is -1.15. The lowest BCUT2D eigenvalue weighted by molar-refractivity contribution is -0.142. The number of carbonyl (C=O) groups is 1. The Morgan fingerprint density at radius 1 is 1.30 bits per heavy atom. The fourth-order valence-electron chi connectivity index (χ4n) is 1.12. The van der Waals surface area contributed by atoms with E-state index in [1.807, 2.05) is 0 Å². The first kappa shape index (κ1) is 14.2. The highest BCUT2D eigenvalue weighted by molar-refractivity contribution is 7.99. The number of carboxylic acid groups (broad SMARTS) is 1. The molecule has 106 valence electrons. The molecule has 0 aliphatic rings. The molecule has 2 heterocycles. The molecule has 0 radical (unpaired) electrons. The van der Waals surface area contributed by atoms with Gasteiger partial charge < -0.3 is 5.11 Å². The Kier molecular flexibility index (Phi) is 3.83. The highest BCUT2D eigenvalue weighted by atomic mass is 32.2. The third-order valence-electron chi connectivity index (χ3n) is 1.91. The lowest BCUT2D eigenvalue weighted by Gasteiger charge is -2.04. The fraction of sp³-hybridized carbons (Fsp3) is 0.250. The van der Waals surface area contributed by atoms with Crippen LogP contribution in [0.2, 0.25) is 0 Å². The van der Waals surface area contributed by atoms with Gasteiger partial charge in [0.05, 0.1) is 0 Å². The molecular weight excluding hydrogens is 301 g/mol. The Morgan fingerprint density at radius 3 is 2.60 bits per heavy atom. The molecule has 0 fully saturated rings. The summed E-state index contributed by atoms with van der Waals surface area (Å²) in [6, 6.07) is 1.86. The van der Waals surface area contributed by atoms with Crippen LogP contribution in [0.1, 0.15) is 5.69 Å². The zero-order valence-corrected chi connectivity index (χ0v) is 10.3. The van der Waals surface area contributed by atoms with Crippen LogP contribution in [0, 0.1) is 0 Å². The summed E-state index contributed by atoms with van der Waals surface area (Å²) >= 11 is 0.805. The van der Waals surface area contributed by atoms with E-state index in [9.17, 15) is 18.0 Å². The summed E-state index contributed by atoms with van der Waals surface area (Å²) in [5.41, 5.74) is -1.12. The van der Waals surface area contributed by atoms with Gasteiger partial charge in [0.2, 0.25) is 5.16 Å². The first-order valence-electron chi connectivity index (χ1n) is 4.93. The van der Waals surface area contributed by atoms with Crippen molar-refractivity contribution in [1.29, 1.82) is 0 Å². The van der Waals surface area contributed by atoms with Gasteiger partial charge in [0.1, 0.15) is 11.6 Å². The Bertz CT molecular complexity index is 613. The molecule has 20 heavy (non-hydrogen) atoms. The molecule has 2 aromatic heterocycles. The normalized spacial score (nSPS) is 11.6. The van der Waals surface area contributed by atoms with Crippen molar-refractivity contribution in [1.82, 2.24) is 30.4 Å². The highest BCUT2D eigenvalue weighted by Crippen LogP contribution is 2.29. The van der Waals surface area contributed by atoms with E-state index in [1.165, 1.54) is 0 Å². The minimum absolute atomic E-state index is 0.0847. The smallest absolute Gasteiger partial charge is 0.435 e. The lowest BCUT2D eigenvalue weighted by atomic mass is 10.4. The molecule has 0 aliphatic carbocycles. The van der Waals surface area contributed by atoms with E-state index in [2.05, 4.69) is 25.7 Å². The molecule has 2 aromatic rings. The summed E-state index contributed by atoms with van der Waals surface area (Å²) < 4.78 is 37.9. The summed E-state index contributed by atoms with van der Waals surface area (Å²) in [7, 11) is 0. The summed E-state index contributed by atoms with van der Waals surface area (Å²) in [6.07, 6.45) is -4.57. The fourth-order valence-corrected chi connectivity index (χ4v) is 1.80. The molecule has 0 aromatic carbocycles. The van der Waals surface area contributed by atoms with Crippen molar-refractivity contribution < 1.29 is 23.1 Å². The van der Waals surface area contributed by atoms with Crippen LogP contribution in [0.5, 0.6) is 0 Å². The third-order valence-corrected chi connectivity index (χ3v) is 2.81. The van der Waals surface area contributed by atoms with E-state index in [0.717, 1.165) is 28.6 Å². The van der Waals surface area contributed by atoms with Gasteiger partial charge in [0.25, 0.3) is 0 Å². The van der Waals surface area contributed by atoms with Crippen LogP contribution in [0.25, 0.3) is 0 Å². The molecule has 1 N–H and O–H groups in total. The summed E-state index contributed by atoms with van der Waals surface area (Å²) in [4.78, 5) is 10.5. The predicted octanol–water partition coefficient (Wildman–Crippen LogP) is 0.718. The van der Waals surface area contributed by atoms with Gasteiger partial charge in [0.15, 0.2) is 5.69 Å². The number of aliphatic carboxylic acids is 1. The molecule has 12 heteroatoms. The van der Waals surface area contributed by atoms with E-state index < -0.39 is 24.4 Å². The maximum absolute atomic E-state index is 12.3. The molecule has 0 saturated carbocycles. The number of alkyl halides is 3. The van der Waals surface area contributed by atoms with Crippen molar-refractivity contribution in [2.75, 3.05) is 0 Å². The molecule has 0 amide bonds. The minimum atomic E-state index is -4.57. The van der Waals surface area contributed by atoms with Crippen LogP contribution >= 0.6 is 11.8 Å². The molecule has 0 spiro atoms. The quantitative estimate of drug-likeness (QED) is 0.880. The monoisotopic (exact) mass is 306 g/mol. The average molecular weight is 306 g/mol. The largest absolute Gasteiger partial charge is 0.480 e. The van der Waals surface area contributed by atoms with E-state index in [-0.39, 0.29) is 10.2 Å². The van der Waals surface area contributed by atoms with Crippen molar-refractivity contribution in [2.24, 2.45) is 0 Å².